The van der Waals surface area contributed by atoms with Gasteiger partial charge in [-0.15, -0.1) is 0 Å². The van der Waals surface area contributed by atoms with Gasteiger partial charge in [0.25, 0.3) is 0 Å². The molecule has 1 atom stereocenters. The van der Waals surface area contributed by atoms with Gasteiger partial charge in [-0.2, -0.15) is 4.72 Å². The van der Waals surface area contributed by atoms with E-state index in [9.17, 15) is 13.2 Å². The third-order valence-electron chi connectivity index (χ3n) is 5.86. The van der Waals surface area contributed by atoms with Gasteiger partial charge >= 0.3 is 5.97 Å². The van der Waals surface area contributed by atoms with E-state index >= 15 is 0 Å². The number of nitrogens with one attached hydrogen (secondary N) is 2. The fourth-order valence-corrected chi connectivity index (χ4v) is 5.53. The average molecular weight is 512 g/mol. The predicted molar refractivity (Wildman–Crippen MR) is 136 cm³/mol. The van der Waals surface area contributed by atoms with Gasteiger partial charge in [-0.05, 0) is 49.6 Å². The first-order valence-corrected chi connectivity index (χ1v) is 12.9. The highest BCUT2D eigenvalue weighted by Crippen LogP contribution is 2.29. The Morgan fingerprint density at radius 2 is 1.77 bits per heavy atom. The Morgan fingerprint density at radius 1 is 1.09 bits per heavy atom. The van der Waals surface area contributed by atoms with Crippen LogP contribution in [0.5, 0.6) is 0 Å². The molecule has 0 bridgehead atoms. The molecule has 182 valence electrons. The maximum Gasteiger partial charge on any atom is 0.324 e. The molecule has 7 nitrogen and oxygen atoms in total. The molecule has 4 rings (SSSR count). The molecule has 35 heavy (non-hydrogen) atoms. The monoisotopic (exact) mass is 511 g/mol. The van der Waals surface area contributed by atoms with Gasteiger partial charge in [-0.1, -0.05) is 54.1 Å². The lowest BCUT2D eigenvalue weighted by molar-refractivity contribution is -0.142. The normalized spacial score (nSPS) is 12.6. The maximum atomic E-state index is 13.0. The number of ether oxygens (including phenoxy) is 1. The zero-order valence-corrected chi connectivity index (χ0v) is 21.2. The Labute approximate surface area is 209 Å². The molecule has 0 aliphatic carbocycles. The molecule has 0 spiro atoms. The first-order chi connectivity index (χ1) is 16.7. The number of halogens is 1. The zero-order valence-electron chi connectivity index (χ0n) is 19.6. The first kappa shape index (κ1) is 24.9. The summed E-state index contributed by atoms with van der Waals surface area (Å²) in [5.41, 5.74) is 5.46. The molecule has 4 aromatic rings. The number of hydrogen-bond acceptors (Lipinski definition) is 5. The van der Waals surface area contributed by atoms with E-state index in [0.29, 0.717) is 11.6 Å². The molecule has 0 radical (unpaired) electrons. The van der Waals surface area contributed by atoms with Gasteiger partial charge in [0.05, 0.1) is 17.5 Å². The van der Waals surface area contributed by atoms with Crippen molar-refractivity contribution in [3.63, 3.8) is 0 Å². The third kappa shape index (κ3) is 5.56. The second-order valence-electron chi connectivity index (χ2n) is 8.42. The smallest absolute Gasteiger partial charge is 0.324 e. The number of aryl methyl sites for hydroxylation is 2. The summed E-state index contributed by atoms with van der Waals surface area (Å²) in [7, 11) is -2.72. The number of H-pyrrole nitrogens is 1. The summed E-state index contributed by atoms with van der Waals surface area (Å²) >= 11 is 6.31. The van der Waals surface area contributed by atoms with Gasteiger partial charge in [0.15, 0.2) is 0 Å². The number of aromatic amines is 1. The number of rotatable bonds is 8. The van der Waals surface area contributed by atoms with Gasteiger partial charge in [0.2, 0.25) is 10.0 Å². The van der Waals surface area contributed by atoms with Gasteiger partial charge in [-0.3, -0.25) is 4.79 Å². The number of esters is 1. The predicted octanol–water partition coefficient (Wildman–Crippen LogP) is 4.49. The summed E-state index contributed by atoms with van der Waals surface area (Å²) in [6.07, 6.45) is 0.734. The summed E-state index contributed by atoms with van der Waals surface area (Å²) in [5, 5.41) is 1.31. The highest BCUT2D eigenvalue weighted by molar-refractivity contribution is 7.89. The number of carbonyl (C=O) groups is 1. The van der Waals surface area contributed by atoms with Crippen LogP contribution in [0.4, 0.5) is 0 Å². The van der Waals surface area contributed by atoms with Crippen molar-refractivity contribution in [3.05, 3.63) is 93.9 Å². The fourth-order valence-electron chi connectivity index (χ4n) is 4.07. The lowest BCUT2D eigenvalue weighted by Gasteiger charge is -2.17. The van der Waals surface area contributed by atoms with Crippen molar-refractivity contribution < 1.29 is 17.9 Å². The Hall–Kier alpha value is -3.20. The Balaban J connectivity index is 1.56. The van der Waals surface area contributed by atoms with E-state index in [1.54, 1.807) is 12.1 Å². The number of aromatic nitrogens is 2. The number of methoxy groups -OCH3 is 1. The second kappa shape index (κ2) is 10.2. The van der Waals surface area contributed by atoms with Crippen molar-refractivity contribution in [2.24, 2.45) is 0 Å². The molecule has 0 unspecified atom stereocenters. The molecule has 2 N–H and O–H groups in total. The van der Waals surface area contributed by atoms with Crippen LogP contribution in [0.15, 0.2) is 65.6 Å². The molecule has 0 aliphatic rings. The molecule has 0 aliphatic heterocycles. The number of carbonyl (C=O) groups excluding carboxylic acids is 1. The van der Waals surface area contributed by atoms with Crippen LogP contribution in [0, 0.1) is 13.8 Å². The Kier molecular flexibility index (Phi) is 7.25. The Morgan fingerprint density at radius 3 is 2.43 bits per heavy atom. The van der Waals surface area contributed by atoms with E-state index in [0.717, 1.165) is 39.0 Å². The lowest BCUT2D eigenvalue weighted by Crippen LogP contribution is -2.42. The van der Waals surface area contributed by atoms with Crippen molar-refractivity contribution in [1.29, 1.82) is 0 Å². The van der Waals surface area contributed by atoms with Gasteiger partial charge in [-0.25, -0.2) is 13.4 Å². The third-order valence-corrected chi connectivity index (χ3v) is 7.63. The van der Waals surface area contributed by atoms with Gasteiger partial charge in [0, 0.05) is 28.8 Å². The molecule has 0 saturated heterocycles. The van der Waals surface area contributed by atoms with Crippen LogP contribution in [-0.4, -0.2) is 37.5 Å². The second-order valence-corrected chi connectivity index (χ2v) is 10.5. The van der Waals surface area contributed by atoms with Crippen molar-refractivity contribution in [2.45, 2.75) is 37.6 Å². The first-order valence-electron chi connectivity index (χ1n) is 11.0. The highest BCUT2D eigenvalue weighted by atomic mass is 35.5. The van der Waals surface area contributed by atoms with Crippen LogP contribution in [0.3, 0.4) is 0 Å². The highest BCUT2D eigenvalue weighted by Gasteiger charge is 2.27. The van der Waals surface area contributed by atoms with E-state index in [4.69, 9.17) is 16.3 Å². The van der Waals surface area contributed by atoms with Crippen molar-refractivity contribution in [2.75, 3.05) is 7.11 Å². The molecule has 0 saturated carbocycles. The van der Waals surface area contributed by atoms with E-state index in [2.05, 4.69) is 14.7 Å². The minimum atomic E-state index is -3.96. The molecule has 0 fully saturated rings. The van der Waals surface area contributed by atoms with Crippen LogP contribution >= 0.6 is 11.6 Å². The van der Waals surface area contributed by atoms with Crippen LogP contribution in [0.2, 0.25) is 5.15 Å². The standard InChI is InChI=1S/C26H26ClN3O4S/c1-16-13-22-24(28-16)21(17(2)29-25(22)27)14-19-9-11-20(12-10-19)35(32,33)30-23(26(31)34-3)15-18-7-5-4-6-8-18/h4-13,23,28,30H,14-15H2,1-3H3/t23-/m0/s1. The van der Waals surface area contributed by atoms with Crippen molar-refractivity contribution in [1.82, 2.24) is 14.7 Å². The number of sulfonamides is 1. The number of benzene rings is 2. The number of hydrogen-bond donors (Lipinski definition) is 2. The van der Waals surface area contributed by atoms with Crippen molar-refractivity contribution >= 4 is 38.5 Å². The minimum absolute atomic E-state index is 0.0648. The zero-order chi connectivity index (χ0) is 25.2. The Bertz CT molecular complexity index is 1470. The summed E-state index contributed by atoms with van der Waals surface area (Å²) < 4.78 is 33.4. The molecular formula is C26H26ClN3O4S. The van der Waals surface area contributed by atoms with Crippen LogP contribution in [0.1, 0.15) is 28.1 Å². The quantitative estimate of drug-likeness (QED) is 0.268. The van der Waals surface area contributed by atoms with E-state index in [1.165, 1.54) is 19.2 Å². The summed E-state index contributed by atoms with van der Waals surface area (Å²) in [6, 6.07) is 16.7. The average Bonchev–Trinajstić information content (AvgIpc) is 3.23. The maximum absolute atomic E-state index is 13.0. The van der Waals surface area contributed by atoms with Gasteiger partial charge in [0.1, 0.15) is 11.2 Å². The topological polar surface area (TPSA) is 101 Å². The van der Waals surface area contributed by atoms with E-state index in [-0.39, 0.29) is 11.3 Å². The number of nitrogens with zero attached hydrogens (tertiary/aromatic N) is 1. The van der Waals surface area contributed by atoms with Crippen LogP contribution < -0.4 is 4.72 Å². The molecule has 9 heteroatoms. The van der Waals surface area contributed by atoms with E-state index < -0.39 is 22.0 Å². The summed E-state index contributed by atoms with van der Waals surface area (Å²) in [5.74, 6) is -0.648. The molecule has 0 amide bonds. The minimum Gasteiger partial charge on any atom is -0.468 e. The largest absolute Gasteiger partial charge is 0.468 e. The molecule has 2 aromatic heterocycles. The fraction of sp³-hybridized carbons (Fsp3) is 0.231. The van der Waals surface area contributed by atoms with Crippen LogP contribution in [-0.2, 0) is 32.4 Å². The molecule has 2 heterocycles. The summed E-state index contributed by atoms with van der Waals surface area (Å²) in [4.78, 5) is 20.1. The van der Waals surface area contributed by atoms with Gasteiger partial charge < -0.3 is 9.72 Å². The van der Waals surface area contributed by atoms with Crippen LogP contribution in [0.25, 0.3) is 10.9 Å². The number of fused-ring (bicyclic) bond motifs is 1. The lowest BCUT2D eigenvalue weighted by atomic mass is 10.0. The van der Waals surface area contributed by atoms with Crippen molar-refractivity contribution in [3.8, 4) is 0 Å². The molecular weight excluding hydrogens is 486 g/mol. The van der Waals surface area contributed by atoms with E-state index in [1.807, 2.05) is 50.2 Å². The number of pyridine rings is 1. The SMILES string of the molecule is COC(=O)[C@H](Cc1ccccc1)NS(=O)(=O)c1ccc(Cc2c(C)nc(Cl)c3cc(C)[nH]c23)cc1. The summed E-state index contributed by atoms with van der Waals surface area (Å²) in [6.45, 7) is 3.86. The molecule has 2 aromatic carbocycles.